The highest BCUT2D eigenvalue weighted by Crippen LogP contribution is 2.51. The normalized spacial score (nSPS) is 22.6. The van der Waals surface area contributed by atoms with E-state index >= 15 is 0 Å². The zero-order chi connectivity index (χ0) is 23.7. The molecule has 3 heterocycles. The van der Waals surface area contributed by atoms with Crippen molar-refractivity contribution in [1.82, 2.24) is 15.1 Å². The summed E-state index contributed by atoms with van der Waals surface area (Å²) in [5.74, 6) is -1.24. The number of non-ortho nitro benzene ring substituents is 1. The van der Waals surface area contributed by atoms with E-state index in [4.69, 9.17) is 4.74 Å². The summed E-state index contributed by atoms with van der Waals surface area (Å²) in [7, 11) is 0. The van der Waals surface area contributed by atoms with E-state index < -0.39 is 22.9 Å². The third-order valence-electron chi connectivity index (χ3n) is 5.82. The molecule has 1 amide bonds. The number of aliphatic hydroxyl groups is 1. The first-order chi connectivity index (χ1) is 15.8. The van der Waals surface area contributed by atoms with Gasteiger partial charge in [-0.2, -0.15) is 10.2 Å². The molecule has 2 aliphatic rings. The lowest BCUT2D eigenvalue weighted by molar-refractivity contribution is -0.384. The van der Waals surface area contributed by atoms with Crippen LogP contribution in [0.1, 0.15) is 25.1 Å². The largest absolute Gasteiger partial charge is 0.456 e. The van der Waals surface area contributed by atoms with Crippen molar-refractivity contribution in [3.63, 3.8) is 0 Å². The predicted octanol–water partition coefficient (Wildman–Crippen LogP) is 2.43. The van der Waals surface area contributed by atoms with Gasteiger partial charge in [-0.05, 0) is 36.8 Å². The molecule has 0 aliphatic carbocycles. The number of carbonyl (C=O) groups is 2. The van der Waals surface area contributed by atoms with Crippen LogP contribution in [-0.4, -0.2) is 49.1 Å². The van der Waals surface area contributed by atoms with Gasteiger partial charge in [-0.25, -0.2) is 4.79 Å². The molecule has 4 rings (SSSR count). The number of nitro groups is 1. The number of benzene rings is 1. The fraction of sp³-hybridized carbons (Fsp3) is 0.364. The average molecular weight is 471 g/mol. The second-order valence-electron chi connectivity index (χ2n) is 7.97. The van der Waals surface area contributed by atoms with E-state index in [9.17, 15) is 24.8 Å². The Morgan fingerprint density at radius 1 is 1.33 bits per heavy atom. The van der Waals surface area contributed by atoms with Crippen molar-refractivity contribution in [2.45, 2.75) is 38.4 Å². The molecule has 2 aromatic rings. The molecule has 0 unspecified atom stereocenters. The Balaban J connectivity index is 1.55. The Morgan fingerprint density at radius 2 is 2.06 bits per heavy atom. The smallest absolute Gasteiger partial charge is 0.356 e. The van der Waals surface area contributed by atoms with Crippen LogP contribution in [0, 0.1) is 22.0 Å². The molecule has 0 saturated carbocycles. The molecule has 1 aromatic heterocycles. The number of rotatable bonds is 8. The predicted molar refractivity (Wildman–Crippen MR) is 118 cm³/mol. The van der Waals surface area contributed by atoms with Crippen LogP contribution < -0.4 is 0 Å². The summed E-state index contributed by atoms with van der Waals surface area (Å²) in [5, 5.41) is 28.8. The number of fused-ring (bicyclic) bond motifs is 1. The summed E-state index contributed by atoms with van der Waals surface area (Å²) in [6, 6.07) is 8.99. The number of ether oxygens (including phenoxy) is 1. The maximum Gasteiger partial charge on any atom is 0.356 e. The number of amides is 1. The van der Waals surface area contributed by atoms with Crippen molar-refractivity contribution in [3.05, 3.63) is 74.6 Å². The summed E-state index contributed by atoms with van der Waals surface area (Å²) in [6.45, 7) is 3.41. The number of carbonyl (C=O) groups excluding carboxylic acids is 2. The standard InChI is InChI=1S/C22H22N4O6S/c1-12-18-17(13(2)27)21(28)25(18)19(20(12)33-11-15-4-3-9-23-24-15)22(29)32-10-14-5-7-16(8-6-14)26(30)31/h3-9,12-13,17-18,27H,10-11H2,1-2H3/t12-,13-,17-,18-/m1/s1. The van der Waals surface area contributed by atoms with E-state index in [0.29, 0.717) is 16.2 Å². The van der Waals surface area contributed by atoms with Crippen molar-refractivity contribution < 1.29 is 24.4 Å². The van der Waals surface area contributed by atoms with Crippen LogP contribution in [0.15, 0.2) is 53.2 Å². The Morgan fingerprint density at radius 3 is 2.67 bits per heavy atom. The SMILES string of the molecule is C[C@@H](O)[C@H]1C(=O)N2C(C(=O)OCc3ccc([N+](=O)[O-])cc3)=C(SCc3cccnn3)[C@H](C)[C@H]12. The van der Waals surface area contributed by atoms with E-state index in [1.807, 2.05) is 13.0 Å². The first-order valence-corrected chi connectivity index (χ1v) is 11.3. The number of aliphatic hydroxyl groups excluding tert-OH is 1. The van der Waals surface area contributed by atoms with E-state index in [0.717, 1.165) is 5.69 Å². The van der Waals surface area contributed by atoms with Gasteiger partial charge in [-0.1, -0.05) is 6.92 Å². The monoisotopic (exact) mass is 470 g/mol. The minimum absolute atomic E-state index is 0.0571. The van der Waals surface area contributed by atoms with Gasteiger partial charge in [-0.3, -0.25) is 14.9 Å². The summed E-state index contributed by atoms with van der Waals surface area (Å²) >= 11 is 1.40. The Bertz CT molecular complexity index is 1110. The molecule has 1 saturated heterocycles. The van der Waals surface area contributed by atoms with Crippen LogP contribution in [0.2, 0.25) is 0 Å². The lowest BCUT2D eigenvalue weighted by atomic mass is 9.79. The highest BCUT2D eigenvalue weighted by molar-refractivity contribution is 8.02. The van der Waals surface area contributed by atoms with Gasteiger partial charge >= 0.3 is 5.97 Å². The molecule has 1 fully saturated rings. The van der Waals surface area contributed by atoms with Crippen LogP contribution in [0.3, 0.4) is 0 Å². The Hall–Kier alpha value is -3.31. The van der Waals surface area contributed by atoms with Crippen molar-refractivity contribution in [2.75, 3.05) is 0 Å². The zero-order valence-electron chi connectivity index (χ0n) is 18.0. The first kappa shape index (κ1) is 22.9. The van der Waals surface area contributed by atoms with Gasteiger partial charge in [0.15, 0.2) is 0 Å². The summed E-state index contributed by atoms with van der Waals surface area (Å²) < 4.78 is 5.48. The molecule has 11 heteroatoms. The number of nitro benzene ring substituents is 1. The highest BCUT2D eigenvalue weighted by atomic mass is 32.2. The number of nitrogens with zero attached hydrogens (tertiary/aromatic N) is 4. The summed E-state index contributed by atoms with van der Waals surface area (Å²) in [6.07, 6.45) is 0.743. The topological polar surface area (TPSA) is 136 Å². The van der Waals surface area contributed by atoms with Gasteiger partial charge in [0, 0.05) is 34.9 Å². The van der Waals surface area contributed by atoms with E-state index in [1.165, 1.54) is 40.9 Å². The van der Waals surface area contributed by atoms with Gasteiger partial charge in [0.05, 0.1) is 28.7 Å². The van der Waals surface area contributed by atoms with E-state index in [1.54, 1.807) is 19.2 Å². The molecular formula is C22H22N4O6S. The van der Waals surface area contributed by atoms with Crippen molar-refractivity contribution in [3.8, 4) is 0 Å². The van der Waals surface area contributed by atoms with Crippen LogP contribution in [-0.2, 0) is 26.7 Å². The number of thioether (sulfide) groups is 1. The van der Waals surface area contributed by atoms with Crippen LogP contribution >= 0.6 is 11.8 Å². The Labute approximate surface area is 193 Å². The third-order valence-corrected chi connectivity index (χ3v) is 7.14. The van der Waals surface area contributed by atoms with Gasteiger partial charge in [0.2, 0.25) is 5.91 Å². The molecule has 2 aliphatic heterocycles. The zero-order valence-corrected chi connectivity index (χ0v) is 18.8. The molecule has 1 N–H and O–H groups in total. The minimum atomic E-state index is -0.831. The summed E-state index contributed by atoms with van der Waals surface area (Å²) in [5.41, 5.74) is 1.44. The molecule has 33 heavy (non-hydrogen) atoms. The number of esters is 1. The minimum Gasteiger partial charge on any atom is -0.456 e. The molecular weight excluding hydrogens is 448 g/mol. The molecule has 172 valence electrons. The maximum absolute atomic E-state index is 13.1. The molecule has 4 atom stereocenters. The lowest BCUT2D eigenvalue weighted by Gasteiger charge is -2.46. The van der Waals surface area contributed by atoms with Gasteiger partial charge in [-0.15, -0.1) is 11.8 Å². The first-order valence-electron chi connectivity index (χ1n) is 10.3. The van der Waals surface area contributed by atoms with Crippen LogP contribution in [0.5, 0.6) is 0 Å². The second kappa shape index (κ2) is 9.28. The van der Waals surface area contributed by atoms with Gasteiger partial charge in [0.1, 0.15) is 12.3 Å². The number of β-lactam (4-membered cyclic amide) rings is 1. The Kier molecular flexibility index (Phi) is 6.43. The summed E-state index contributed by atoms with van der Waals surface area (Å²) in [4.78, 5) is 38.3. The van der Waals surface area contributed by atoms with E-state index in [-0.39, 0.29) is 35.9 Å². The lowest BCUT2D eigenvalue weighted by Crippen LogP contribution is -2.63. The molecule has 1 aromatic carbocycles. The third kappa shape index (κ3) is 4.33. The molecule has 10 nitrogen and oxygen atoms in total. The number of hydrogen-bond donors (Lipinski definition) is 1. The second-order valence-corrected chi connectivity index (χ2v) is 8.99. The quantitative estimate of drug-likeness (QED) is 0.267. The number of hydrogen-bond acceptors (Lipinski definition) is 9. The number of aromatic nitrogens is 2. The highest BCUT2D eigenvalue weighted by Gasteiger charge is 2.60. The van der Waals surface area contributed by atoms with E-state index in [2.05, 4.69) is 10.2 Å². The van der Waals surface area contributed by atoms with Crippen LogP contribution in [0.4, 0.5) is 5.69 Å². The van der Waals surface area contributed by atoms with Gasteiger partial charge in [0.25, 0.3) is 5.69 Å². The van der Waals surface area contributed by atoms with Crippen LogP contribution in [0.25, 0.3) is 0 Å². The van der Waals surface area contributed by atoms with Gasteiger partial charge < -0.3 is 14.7 Å². The fourth-order valence-corrected chi connectivity index (χ4v) is 5.38. The maximum atomic E-state index is 13.1. The van der Waals surface area contributed by atoms with Crippen molar-refractivity contribution >= 4 is 29.3 Å². The fourth-order valence-electron chi connectivity index (χ4n) is 4.20. The molecule has 0 spiro atoms. The molecule has 0 bridgehead atoms. The molecule has 0 radical (unpaired) electrons. The average Bonchev–Trinajstić information content (AvgIpc) is 3.04. The van der Waals surface area contributed by atoms with Crippen molar-refractivity contribution in [1.29, 1.82) is 0 Å². The van der Waals surface area contributed by atoms with Crippen molar-refractivity contribution in [2.24, 2.45) is 11.8 Å².